The number of hydrogen-bond donors (Lipinski definition) is 1. The third-order valence-corrected chi connectivity index (χ3v) is 2.73. The second-order valence-electron chi connectivity index (χ2n) is 4.22. The number of benzene rings is 1. The third kappa shape index (κ3) is 4.58. The number of anilines is 1. The van der Waals surface area contributed by atoms with Crippen molar-refractivity contribution >= 4 is 17.5 Å². The first-order valence-electron chi connectivity index (χ1n) is 6.48. The molecule has 0 aliphatic heterocycles. The van der Waals surface area contributed by atoms with E-state index in [-0.39, 0.29) is 11.3 Å². The predicted molar refractivity (Wildman–Crippen MR) is 79.1 cm³/mol. The molecule has 0 saturated carbocycles. The molecule has 0 atom stereocenters. The molecule has 0 aliphatic carbocycles. The van der Waals surface area contributed by atoms with Crippen LogP contribution in [0, 0.1) is 11.3 Å². The summed E-state index contributed by atoms with van der Waals surface area (Å²) in [6, 6.07) is 9.52. The molecule has 1 aromatic carbocycles. The van der Waals surface area contributed by atoms with Gasteiger partial charge in [-0.1, -0.05) is 19.1 Å². The van der Waals surface area contributed by atoms with Crippen molar-refractivity contribution in [1.82, 2.24) is 15.0 Å². The number of ether oxygens (including phenoxy) is 1. The fourth-order valence-corrected chi connectivity index (χ4v) is 1.70. The van der Waals surface area contributed by atoms with Gasteiger partial charge in [0.2, 0.25) is 11.2 Å². The number of nitrogens with zero attached hydrogens (tertiary/aromatic N) is 4. The second-order valence-corrected chi connectivity index (χ2v) is 4.56. The zero-order valence-electron chi connectivity index (χ0n) is 11.5. The van der Waals surface area contributed by atoms with Gasteiger partial charge in [-0.2, -0.15) is 20.2 Å². The van der Waals surface area contributed by atoms with Crippen molar-refractivity contribution in [2.24, 2.45) is 0 Å². The van der Waals surface area contributed by atoms with Crippen LogP contribution in [0.2, 0.25) is 5.28 Å². The van der Waals surface area contributed by atoms with E-state index in [1.807, 2.05) is 19.1 Å². The molecule has 0 fully saturated rings. The second kappa shape index (κ2) is 7.41. The van der Waals surface area contributed by atoms with E-state index in [0.29, 0.717) is 24.7 Å². The summed E-state index contributed by atoms with van der Waals surface area (Å²) < 4.78 is 5.34. The Balaban J connectivity index is 2.01. The molecule has 1 N–H and O–H groups in total. The molecule has 108 valence electrons. The summed E-state index contributed by atoms with van der Waals surface area (Å²) in [5.74, 6) is 0.352. The van der Waals surface area contributed by atoms with E-state index in [9.17, 15) is 0 Å². The first kappa shape index (κ1) is 15.0. The Kier molecular flexibility index (Phi) is 5.29. The van der Waals surface area contributed by atoms with Crippen LogP contribution in [0.15, 0.2) is 24.3 Å². The van der Waals surface area contributed by atoms with Gasteiger partial charge in [0.05, 0.1) is 18.2 Å². The smallest absolute Gasteiger partial charge is 0.322 e. The molecule has 0 bridgehead atoms. The quantitative estimate of drug-likeness (QED) is 0.883. The van der Waals surface area contributed by atoms with E-state index in [4.69, 9.17) is 21.6 Å². The van der Waals surface area contributed by atoms with Crippen molar-refractivity contribution in [2.45, 2.75) is 19.9 Å². The highest BCUT2D eigenvalue weighted by Gasteiger charge is 2.05. The molecule has 0 unspecified atom stereocenters. The van der Waals surface area contributed by atoms with Crippen LogP contribution < -0.4 is 10.1 Å². The van der Waals surface area contributed by atoms with Crippen LogP contribution in [0.5, 0.6) is 6.01 Å². The van der Waals surface area contributed by atoms with E-state index in [0.717, 1.165) is 12.0 Å². The van der Waals surface area contributed by atoms with Gasteiger partial charge in [-0.05, 0) is 35.7 Å². The standard InChI is InChI=1S/C14H14ClN5O/c1-2-7-21-14-19-12(15)18-13(20-14)17-9-11-5-3-10(8-16)4-6-11/h3-6H,2,7,9H2,1H3,(H,17,18,19,20). The van der Waals surface area contributed by atoms with Crippen molar-refractivity contribution in [2.75, 3.05) is 11.9 Å². The van der Waals surface area contributed by atoms with E-state index >= 15 is 0 Å². The van der Waals surface area contributed by atoms with Gasteiger partial charge in [0, 0.05) is 6.54 Å². The maximum atomic E-state index is 8.75. The summed E-state index contributed by atoms with van der Waals surface area (Å²) in [7, 11) is 0. The van der Waals surface area contributed by atoms with Gasteiger partial charge in [-0.3, -0.25) is 0 Å². The van der Waals surface area contributed by atoms with Crippen LogP contribution in [0.4, 0.5) is 5.95 Å². The SMILES string of the molecule is CCCOc1nc(Cl)nc(NCc2ccc(C#N)cc2)n1. The molecule has 2 rings (SSSR count). The van der Waals surface area contributed by atoms with Gasteiger partial charge in [0.15, 0.2) is 0 Å². The lowest BCUT2D eigenvalue weighted by atomic mass is 10.1. The van der Waals surface area contributed by atoms with Crippen molar-refractivity contribution in [3.8, 4) is 12.1 Å². The van der Waals surface area contributed by atoms with Gasteiger partial charge in [0.1, 0.15) is 0 Å². The minimum absolute atomic E-state index is 0.0819. The third-order valence-electron chi connectivity index (χ3n) is 2.56. The first-order chi connectivity index (χ1) is 10.2. The van der Waals surface area contributed by atoms with Crippen LogP contribution in [-0.2, 0) is 6.54 Å². The maximum Gasteiger partial charge on any atom is 0.322 e. The van der Waals surface area contributed by atoms with E-state index in [1.54, 1.807) is 12.1 Å². The van der Waals surface area contributed by atoms with Crippen molar-refractivity contribution in [3.63, 3.8) is 0 Å². The van der Waals surface area contributed by atoms with Crippen LogP contribution >= 0.6 is 11.6 Å². The summed E-state index contributed by atoms with van der Waals surface area (Å²) in [5.41, 5.74) is 1.62. The molecule has 0 radical (unpaired) electrons. The highest BCUT2D eigenvalue weighted by molar-refractivity contribution is 6.28. The molecule has 2 aromatic rings. The monoisotopic (exact) mass is 303 g/mol. The first-order valence-corrected chi connectivity index (χ1v) is 6.86. The zero-order valence-corrected chi connectivity index (χ0v) is 12.3. The van der Waals surface area contributed by atoms with Crippen LogP contribution in [0.25, 0.3) is 0 Å². The van der Waals surface area contributed by atoms with Crippen LogP contribution in [0.3, 0.4) is 0 Å². The van der Waals surface area contributed by atoms with Gasteiger partial charge in [0.25, 0.3) is 0 Å². The predicted octanol–water partition coefficient (Wildman–Crippen LogP) is 2.80. The van der Waals surface area contributed by atoms with E-state index < -0.39 is 0 Å². The minimum atomic E-state index is 0.0819. The maximum absolute atomic E-state index is 8.75. The molecule has 0 spiro atoms. The summed E-state index contributed by atoms with van der Waals surface area (Å²) in [5, 5.41) is 11.9. The number of nitriles is 1. The van der Waals surface area contributed by atoms with Crippen LogP contribution in [0.1, 0.15) is 24.5 Å². The fourth-order valence-electron chi connectivity index (χ4n) is 1.55. The van der Waals surface area contributed by atoms with Crippen LogP contribution in [-0.4, -0.2) is 21.6 Å². The number of halogens is 1. The van der Waals surface area contributed by atoms with E-state index in [1.165, 1.54) is 0 Å². The Labute approximate surface area is 127 Å². The minimum Gasteiger partial charge on any atom is -0.463 e. The normalized spacial score (nSPS) is 9.95. The highest BCUT2D eigenvalue weighted by atomic mass is 35.5. The molecule has 1 heterocycles. The molecule has 0 aliphatic rings. The molecular formula is C14H14ClN5O. The Hall–Kier alpha value is -2.39. The summed E-state index contributed by atoms with van der Waals surface area (Å²) >= 11 is 5.83. The number of hydrogen-bond acceptors (Lipinski definition) is 6. The van der Waals surface area contributed by atoms with Gasteiger partial charge >= 0.3 is 6.01 Å². The fraction of sp³-hybridized carbons (Fsp3) is 0.286. The molecule has 0 saturated heterocycles. The Morgan fingerprint density at radius 1 is 1.24 bits per heavy atom. The van der Waals surface area contributed by atoms with E-state index in [2.05, 4.69) is 26.3 Å². The number of aromatic nitrogens is 3. The molecule has 6 nitrogen and oxygen atoms in total. The number of rotatable bonds is 6. The Bertz CT molecular complexity index is 639. The van der Waals surface area contributed by atoms with Crippen molar-refractivity contribution < 1.29 is 4.74 Å². The Morgan fingerprint density at radius 3 is 2.67 bits per heavy atom. The summed E-state index contributed by atoms with van der Waals surface area (Å²) in [6.45, 7) is 3.03. The molecule has 0 amide bonds. The lowest BCUT2D eigenvalue weighted by Gasteiger charge is -2.07. The van der Waals surface area contributed by atoms with Gasteiger partial charge in [-0.15, -0.1) is 0 Å². The largest absolute Gasteiger partial charge is 0.463 e. The Morgan fingerprint density at radius 2 is 2.00 bits per heavy atom. The van der Waals surface area contributed by atoms with Crippen molar-refractivity contribution in [1.29, 1.82) is 5.26 Å². The van der Waals surface area contributed by atoms with Gasteiger partial charge in [-0.25, -0.2) is 0 Å². The molecule has 7 heteroatoms. The molecule has 1 aromatic heterocycles. The zero-order chi connectivity index (χ0) is 15.1. The molecular weight excluding hydrogens is 290 g/mol. The van der Waals surface area contributed by atoms with Crippen molar-refractivity contribution in [3.05, 3.63) is 40.7 Å². The van der Waals surface area contributed by atoms with Gasteiger partial charge < -0.3 is 10.1 Å². The lowest BCUT2D eigenvalue weighted by molar-refractivity contribution is 0.291. The average Bonchev–Trinajstić information content (AvgIpc) is 2.51. The molecule has 21 heavy (non-hydrogen) atoms. The lowest BCUT2D eigenvalue weighted by Crippen LogP contribution is -2.07. The summed E-state index contributed by atoms with van der Waals surface area (Å²) in [6.07, 6.45) is 0.858. The topological polar surface area (TPSA) is 83.7 Å². The summed E-state index contributed by atoms with van der Waals surface area (Å²) in [4.78, 5) is 12.0. The number of nitrogens with one attached hydrogen (secondary N) is 1. The highest BCUT2D eigenvalue weighted by Crippen LogP contribution is 2.13. The average molecular weight is 304 g/mol.